The van der Waals surface area contributed by atoms with E-state index in [1.165, 1.54) is 12.8 Å². The van der Waals surface area contributed by atoms with Crippen LogP contribution in [-0.2, 0) is 0 Å². The predicted molar refractivity (Wildman–Crippen MR) is 40.5 cm³/mol. The van der Waals surface area contributed by atoms with Crippen molar-refractivity contribution in [3.05, 3.63) is 0 Å². The molecule has 1 heteroatoms. The average Bonchev–Trinajstić information content (AvgIpc) is 2.50. The lowest BCUT2D eigenvalue weighted by molar-refractivity contribution is 0.425. The second-order valence-corrected chi connectivity index (χ2v) is 3.47. The first-order valence-electron chi connectivity index (χ1n) is 3.96. The molecule has 0 saturated heterocycles. The fraction of sp³-hybridized carbons (Fsp3) is 1.00. The maximum absolute atomic E-state index is 3.55. The molecule has 0 amide bonds. The molecule has 1 fully saturated rings. The molecule has 1 aliphatic carbocycles. The minimum Gasteiger partial charge on any atom is -0.311 e. The molecule has 0 spiro atoms. The number of hydrogen-bond acceptors (Lipinski definition) is 1. The van der Waals surface area contributed by atoms with Crippen LogP contribution in [0.3, 0.4) is 0 Å². The van der Waals surface area contributed by atoms with Gasteiger partial charge in [-0.1, -0.05) is 13.8 Å². The summed E-state index contributed by atoms with van der Waals surface area (Å²) in [5, 5.41) is 3.55. The van der Waals surface area contributed by atoms with Crippen LogP contribution in [0.1, 0.15) is 33.6 Å². The van der Waals surface area contributed by atoms with Crippen LogP contribution >= 0.6 is 0 Å². The Morgan fingerprint density at radius 3 is 2.11 bits per heavy atom. The molecule has 0 heterocycles. The van der Waals surface area contributed by atoms with Gasteiger partial charge in [-0.25, -0.2) is 0 Å². The van der Waals surface area contributed by atoms with Gasteiger partial charge < -0.3 is 5.32 Å². The quantitative estimate of drug-likeness (QED) is 0.609. The molecule has 1 rings (SSSR count). The molecule has 0 aliphatic heterocycles. The highest BCUT2D eigenvalue weighted by molar-refractivity contribution is 4.84. The third-order valence-corrected chi connectivity index (χ3v) is 2.08. The molecule has 0 aromatic rings. The van der Waals surface area contributed by atoms with Crippen LogP contribution in [0.2, 0.25) is 0 Å². The smallest absolute Gasteiger partial charge is 0.00708 e. The zero-order valence-corrected chi connectivity index (χ0v) is 6.65. The van der Waals surface area contributed by atoms with E-state index in [0.717, 1.165) is 12.0 Å². The van der Waals surface area contributed by atoms with Crippen molar-refractivity contribution in [1.82, 2.24) is 5.32 Å². The Morgan fingerprint density at radius 2 is 1.78 bits per heavy atom. The first-order chi connectivity index (χ1) is 4.20. The maximum Gasteiger partial charge on any atom is 0.00708 e. The lowest BCUT2D eigenvalue weighted by Crippen LogP contribution is -2.32. The third-order valence-electron chi connectivity index (χ3n) is 2.08. The summed E-state index contributed by atoms with van der Waals surface area (Å²) in [6.45, 7) is 6.79. The molecule has 0 radical (unpaired) electrons. The van der Waals surface area contributed by atoms with Gasteiger partial charge in [0.1, 0.15) is 0 Å². The number of nitrogens with one attached hydrogen (secondary N) is 1. The van der Waals surface area contributed by atoms with Crippen molar-refractivity contribution < 1.29 is 0 Å². The first kappa shape index (κ1) is 7.07. The lowest BCUT2D eigenvalue weighted by atomic mass is 10.1. The van der Waals surface area contributed by atoms with Gasteiger partial charge in [-0.2, -0.15) is 0 Å². The minimum absolute atomic E-state index is 0.706. The standard InChI is InChI=1S/C8H17N/c1-6(2)7(3)9-8-4-5-8/h6-9H,4-5H2,1-3H3. The van der Waals surface area contributed by atoms with E-state index in [9.17, 15) is 0 Å². The predicted octanol–water partition coefficient (Wildman–Crippen LogP) is 1.78. The van der Waals surface area contributed by atoms with Crippen LogP contribution in [0, 0.1) is 5.92 Å². The summed E-state index contributed by atoms with van der Waals surface area (Å²) in [4.78, 5) is 0. The summed E-state index contributed by atoms with van der Waals surface area (Å²) in [7, 11) is 0. The van der Waals surface area contributed by atoms with Crippen LogP contribution in [0.25, 0.3) is 0 Å². The lowest BCUT2D eigenvalue weighted by Gasteiger charge is -2.16. The summed E-state index contributed by atoms with van der Waals surface area (Å²) in [6, 6.07) is 1.57. The summed E-state index contributed by atoms with van der Waals surface area (Å²) in [5.41, 5.74) is 0. The number of rotatable bonds is 3. The van der Waals surface area contributed by atoms with Gasteiger partial charge in [0.15, 0.2) is 0 Å². The zero-order valence-electron chi connectivity index (χ0n) is 6.65. The van der Waals surface area contributed by atoms with Crippen molar-refractivity contribution in [2.24, 2.45) is 5.92 Å². The van der Waals surface area contributed by atoms with Gasteiger partial charge in [0.2, 0.25) is 0 Å². The summed E-state index contributed by atoms with van der Waals surface area (Å²) < 4.78 is 0. The Hall–Kier alpha value is -0.0400. The molecule has 1 unspecified atom stereocenters. The fourth-order valence-corrected chi connectivity index (χ4v) is 0.814. The molecule has 1 saturated carbocycles. The number of hydrogen-bond donors (Lipinski definition) is 1. The Balaban J connectivity index is 2.09. The Labute approximate surface area is 57.8 Å². The Kier molecular flexibility index (Phi) is 2.12. The van der Waals surface area contributed by atoms with Crippen molar-refractivity contribution in [1.29, 1.82) is 0 Å². The summed E-state index contributed by atoms with van der Waals surface area (Å²) >= 11 is 0. The third kappa shape index (κ3) is 2.35. The molecule has 54 valence electrons. The van der Waals surface area contributed by atoms with E-state index in [-0.39, 0.29) is 0 Å². The fourth-order valence-electron chi connectivity index (χ4n) is 0.814. The van der Waals surface area contributed by atoms with Gasteiger partial charge in [0.05, 0.1) is 0 Å². The van der Waals surface area contributed by atoms with Crippen LogP contribution in [0.15, 0.2) is 0 Å². The van der Waals surface area contributed by atoms with E-state index in [1.54, 1.807) is 0 Å². The van der Waals surface area contributed by atoms with Crippen molar-refractivity contribution in [3.63, 3.8) is 0 Å². The highest BCUT2D eigenvalue weighted by Crippen LogP contribution is 2.20. The van der Waals surface area contributed by atoms with E-state index < -0.39 is 0 Å². The first-order valence-corrected chi connectivity index (χ1v) is 3.96. The Bertz CT molecular complexity index is 84.6. The van der Waals surface area contributed by atoms with Gasteiger partial charge >= 0.3 is 0 Å². The molecule has 0 aromatic heterocycles. The second kappa shape index (κ2) is 2.70. The molecule has 0 aromatic carbocycles. The van der Waals surface area contributed by atoms with Crippen LogP contribution in [0.4, 0.5) is 0 Å². The van der Waals surface area contributed by atoms with Gasteiger partial charge in [-0.15, -0.1) is 0 Å². The van der Waals surface area contributed by atoms with Crippen molar-refractivity contribution in [3.8, 4) is 0 Å². The summed E-state index contributed by atoms with van der Waals surface area (Å²) in [5.74, 6) is 0.783. The largest absolute Gasteiger partial charge is 0.311 e. The van der Waals surface area contributed by atoms with Crippen LogP contribution in [0.5, 0.6) is 0 Å². The molecule has 1 nitrogen and oxygen atoms in total. The van der Waals surface area contributed by atoms with E-state index in [1.807, 2.05) is 0 Å². The van der Waals surface area contributed by atoms with Crippen LogP contribution in [-0.4, -0.2) is 12.1 Å². The molecule has 1 atom stereocenters. The van der Waals surface area contributed by atoms with Crippen LogP contribution < -0.4 is 5.32 Å². The SMILES string of the molecule is CC(C)C(C)NC1CC1. The second-order valence-electron chi connectivity index (χ2n) is 3.47. The van der Waals surface area contributed by atoms with E-state index in [2.05, 4.69) is 26.1 Å². The van der Waals surface area contributed by atoms with E-state index in [4.69, 9.17) is 0 Å². The topological polar surface area (TPSA) is 12.0 Å². The maximum atomic E-state index is 3.55. The average molecular weight is 127 g/mol. The van der Waals surface area contributed by atoms with Gasteiger partial charge in [0, 0.05) is 12.1 Å². The minimum atomic E-state index is 0.706. The van der Waals surface area contributed by atoms with Gasteiger partial charge in [-0.3, -0.25) is 0 Å². The van der Waals surface area contributed by atoms with Crippen molar-refractivity contribution in [2.45, 2.75) is 45.7 Å². The van der Waals surface area contributed by atoms with E-state index in [0.29, 0.717) is 6.04 Å². The molecule has 1 aliphatic rings. The normalized spacial score (nSPS) is 22.7. The molecular weight excluding hydrogens is 110 g/mol. The molecule has 0 bridgehead atoms. The molecule has 9 heavy (non-hydrogen) atoms. The van der Waals surface area contributed by atoms with Crippen molar-refractivity contribution in [2.75, 3.05) is 0 Å². The molecular formula is C8H17N. The van der Waals surface area contributed by atoms with Gasteiger partial charge in [-0.05, 0) is 25.7 Å². The Morgan fingerprint density at radius 1 is 1.22 bits per heavy atom. The zero-order chi connectivity index (χ0) is 6.85. The monoisotopic (exact) mass is 127 g/mol. The van der Waals surface area contributed by atoms with Gasteiger partial charge in [0.25, 0.3) is 0 Å². The molecule has 1 N–H and O–H groups in total. The van der Waals surface area contributed by atoms with E-state index >= 15 is 0 Å². The highest BCUT2D eigenvalue weighted by Gasteiger charge is 2.23. The summed E-state index contributed by atoms with van der Waals surface area (Å²) in [6.07, 6.45) is 2.80. The van der Waals surface area contributed by atoms with Crippen molar-refractivity contribution >= 4 is 0 Å². The highest BCUT2D eigenvalue weighted by atomic mass is 15.0.